The molecule has 0 radical (unpaired) electrons. The van der Waals surface area contributed by atoms with Gasteiger partial charge in [0.25, 0.3) is 0 Å². The van der Waals surface area contributed by atoms with Crippen LogP contribution in [0, 0.1) is 0 Å². The molecule has 14 heavy (non-hydrogen) atoms. The van der Waals surface area contributed by atoms with Crippen LogP contribution in [0.2, 0.25) is 0 Å². The molecule has 0 aromatic carbocycles. The fraction of sp³-hybridized carbons (Fsp3) is 0.727. The number of ether oxygens (including phenoxy) is 1. The van der Waals surface area contributed by atoms with Gasteiger partial charge in [-0.1, -0.05) is 5.57 Å². The maximum absolute atomic E-state index is 11.0. The van der Waals surface area contributed by atoms with Crippen molar-refractivity contribution < 1.29 is 9.53 Å². The summed E-state index contributed by atoms with van der Waals surface area (Å²) in [6.07, 6.45) is 1.46. The van der Waals surface area contributed by atoms with Crippen molar-refractivity contribution in [2.75, 3.05) is 26.7 Å². The van der Waals surface area contributed by atoms with Gasteiger partial charge in [-0.2, -0.15) is 0 Å². The lowest BCUT2D eigenvalue weighted by Gasteiger charge is -2.15. The predicted molar refractivity (Wildman–Crippen MR) is 58.2 cm³/mol. The van der Waals surface area contributed by atoms with Crippen LogP contribution in [0.1, 0.15) is 26.7 Å². The van der Waals surface area contributed by atoms with E-state index < -0.39 is 0 Å². The Morgan fingerprint density at radius 1 is 1.36 bits per heavy atom. The number of carbonyl (C=O) groups excluding carboxylic acids is 1. The van der Waals surface area contributed by atoms with Gasteiger partial charge in [0, 0.05) is 13.1 Å². The lowest BCUT2D eigenvalue weighted by atomic mass is 10.2. The third-order valence-electron chi connectivity index (χ3n) is 1.92. The number of hydrogen-bond acceptors (Lipinski definition) is 3. The van der Waals surface area contributed by atoms with E-state index in [0.717, 1.165) is 19.5 Å². The maximum Gasteiger partial charge on any atom is 0.307 e. The van der Waals surface area contributed by atoms with Gasteiger partial charge in [-0.25, -0.2) is 0 Å². The van der Waals surface area contributed by atoms with Crippen LogP contribution in [0.4, 0.5) is 0 Å². The highest BCUT2D eigenvalue weighted by atomic mass is 16.5. The SMILES string of the molecule is C=C(C)CCN(C)CCC(=O)OCC. The molecule has 82 valence electrons. The second-order valence-electron chi connectivity index (χ2n) is 3.57. The molecule has 0 unspecified atom stereocenters. The molecule has 0 amide bonds. The molecule has 0 saturated carbocycles. The van der Waals surface area contributed by atoms with Gasteiger partial charge in [0.05, 0.1) is 13.0 Å². The van der Waals surface area contributed by atoms with E-state index >= 15 is 0 Å². The van der Waals surface area contributed by atoms with Gasteiger partial charge < -0.3 is 9.64 Å². The summed E-state index contributed by atoms with van der Waals surface area (Å²) in [6, 6.07) is 0. The molecule has 0 aliphatic rings. The molecule has 0 bridgehead atoms. The molecule has 0 aliphatic carbocycles. The fourth-order valence-electron chi connectivity index (χ4n) is 1.01. The van der Waals surface area contributed by atoms with Crippen LogP contribution in [0.5, 0.6) is 0 Å². The zero-order valence-electron chi connectivity index (χ0n) is 9.51. The summed E-state index contributed by atoms with van der Waals surface area (Å²) in [5.74, 6) is -0.116. The molecular formula is C11H21NO2. The van der Waals surface area contributed by atoms with Crippen molar-refractivity contribution in [3.63, 3.8) is 0 Å². The van der Waals surface area contributed by atoms with Crippen LogP contribution >= 0.6 is 0 Å². The molecule has 0 aromatic rings. The molecule has 3 nitrogen and oxygen atoms in total. The van der Waals surface area contributed by atoms with E-state index in [9.17, 15) is 4.79 Å². The second kappa shape index (κ2) is 7.56. The Balaban J connectivity index is 3.48. The average molecular weight is 199 g/mol. The van der Waals surface area contributed by atoms with E-state index in [1.807, 2.05) is 20.9 Å². The molecular weight excluding hydrogens is 178 g/mol. The van der Waals surface area contributed by atoms with E-state index in [0.29, 0.717) is 13.0 Å². The molecule has 0 spiro atoms. The van der Waals surface area contributed by atoms with Crippen molar-refractivity contribution >= 4 is 5.97 Å². The number of rotatable bonds is 7. The minimum Gasteiger partial charge on any atom is -0.466 e. The van der Waals surface area contributed by atoms with Crippen molar-refractivity contribution in [1.82, 2.24) is 4.90 Å². The Morgan fingerprint density at radius 2 is 1.93 bits per heavy atom. The quantitative estimate of drug-likeness (QED) is 0.463. The average Bonchev–Trinajstić information content (AvgIpc) is 2.12. The minimum absolute atomic E-state index is 0.116. The summed E-state index contributed by atoms with van der Waals surface area (Å²) >= 11 is 0. The summed E-state index contributed by atoms with van der Waals surface area (Å²) in [5.41, 5.74) is 1.17. The number of esters is 1. The molecule has 0 heterocycles. The molecule has 0 rings (SSSR count). The fourth-order valence-corrected chi connectivity index (χ4v) is 1.01. The monoisotopic (exact) mass is 199 g/mol. The van der Waals surface area contributed by atoms with Crippen molar-refractivity contribution in [2.24, 2.45) is 0 Å². The first-order valence-electron chi connectivity index (χ1n) is 5.04. The summed E-state index contributed by atoms with van der Waals surface area (Å²) in [6.45, 7) is 9.84. The first-order valence-corrected chi connectivity index (χ1v) is 5.04. The van der Waals surface area contributed by atoms with Gasteiger partial charge in [0.1, 0.15) is 0 Å². The topological polar surface area (TPSA) is 29.5 Å². The summed E-state index contributed by atoms with van der Waals surface area (Å²) < 4.78 is 4.83. The Labute approximate surface area is 86.7 Å². The van der Waals surface area contributed by atoms with Crippen molar-refractivity contribution in [3.8, 4) is 0 Å². The highest BCUT2D eigenvalue weighted by Crippen LogP contribution is 1.98. The highest BCUT2D eigenvalue weighted by Gasteiger charge is 2.04. The van der Waals surface area contributed by atoms with Gasteiger partial charge in [0.15, 0.2) is 0 Å². The smallest absolute Gasteiger partial charge is 0.307 e. The van der Waals surface area contributed by atoms with Crippen molar-refractivity contribution in [1.29, 1.82) is 0 Å². The Hall–Kier alpha value is -0.830. The molecule has 0 saturated heterocycles. The molecule has 0 N–H and O–H groups in total. The summed E-state index contributed by atoms with van der Waals surface area (Å²) in [4.78, 5) is 13.1. The molecule has 0 fully saturated rings. The van der Waals surface area contributed by atoms with Crippen LogP contribution in [0.15, 0.2) is 12.2 Å². The second-order valence-corrected chi connectivity index (χ2v) is 3.57. The van der Waals surface area contributed by atoms with E-state index in [1.54, 1.807) is 0 Å². The normalized spacial score (nSPS) is 10.3. The van der Waals surface area contributed by atoms with E-state index in [-0.39, 0.29) is 5.97 Å². The van der Waals surface area contributed by atoms with Crippen LogP contribution in [0.25, 0.3) is 0 Å². The van der Waals surface area contributed by atoms with Gasteiger partial charge in [0.2, 0.25) is 0 Å². The van der Waals surface area contributed by atoms with Crippen LogP contribution in [0.3, 0.4) is 0 Å². The molecule has 3 heteroatoms. The largest absolute Gasteiger partial charge is 0.466 e. The number of nitrogens with zero attached hydrogens (tertiary/aromatic N) is 1. The molecule has 0 atom stereocenters. The molecule has 0 aliphatic heterocycles. The summed E-state index contributed by atoms with van der Waals surface area (Å²) in [7, 11) is 2.00. The first kappa shape index (κ1) is 13.2. The van der Waals surface area contributed by atoms with Gasteiger partial charge >= 0.3 is 5.97 Å². The standard InChI is InChI=1S/C11H21NO2/c1-5-14-11(13)7-9-12(4)8-6-10(2)3/h2,5-9H2,1,3-4H3. The Kier molecular flexibility index (Phi) is 7.11. The van der Waals surface area contributed by atoms with E-state index in [4.69, 9.17) is 4.74 Å². The number of carbonyl (C=O) groups is 1. The zero-order valence-corrected chi connectivity index (χ0v) is 9.51. The van der Waals surface area contributed by atoms with Crippen LogP contribution in [-0.2, 0) is 9.53 Å². The lowest BCUT2D eigenvalue weighted by molar-refractivity contribution is -0.143. The third-order valence-corrected chi connectivity index (χ3v) is 1.92. The van der Waals surface area contributed by atoms with Gasteiger partial charge in [-0.05, 0) is 27.3 Å². The highest BCUT2D eigenvalue weighted by molar-refractivity contribution is 5.69. The maximum atomic E-state index is 11.0. The lowest BCUT2D eigenvalue weighted by Crippen LogP contribution is -2.23. The van der Waals surface area contributed by atoms with Crippen LogP contribution in [-0.4, -0.2) is 37.6 Å². The van der Waals surface area contributed by atoms with Crippen molar-refractivity contribution in [3.05, 3.63) is 12.2 Å². The van der Waals surface area contributed by atoms with E-state index in [2.05, 4.69) is 11.5 Å². The van der Waals surface area contributed by atoms with Gasteiger partial charge in [-0.3, -0.25) is 4.79 Å². The Morgan fingerprint density at radius 3 is 2.43 bits per heavy atom. The van der Waals surface area contributed by atoms with Gasteiger partial charge in [-0.15, -0.1) is 6.58 Å². The number of hydrogen-bond donors (Lipinski definition) is 0. The van der Waals surface area contributed by atoms with Crippen LogP contribution < -0.4 is 0 Å². The van der Waals surface area contributed by atoms with E-state index in [1.165, 1.54) is 5.57 Å². The molecule has 0 aromatic heterocycles. The Bertz CT molecular complexity index is 190. The third kappa shape index (κ3) is 7.80. The van der Waals surface area contributed by atoms with Crippen molar-refractivity contribution in [2.45, 2.75) is 26.7 Å². The summed E-state index contributed by atoms with van der Waals surface area (Å²) in [5, 5.41) is 0. The predicted octanol–water partition coefficient (Wildman–Crippen LogP) is 1.84. The zero-order chi connectivity index (χ0) is 11.0. The first-order chi connectivity index (χ1) is 6.56. The minimum atomic E-state index is -0.116.